The molecule has 2 rings (SSSR count). The van der Waals surface area contributed by atoms with Gasteiger partial charge in [-0.25, -0.2) is 4.98 Å². The van der Waals surface area contributed by atoms with Crippen molar-refractivity contribution in [3.05, 3.63) is 16.1 Å². The van der Waals surface area contributed by atoms with Crippen LogP contribution in [0.3, 0.4) is 0 Å². The minimum atomic E-state index is 0.0689. The van der Waals surface area contributed by atoms with Crippen molar-refractivity contribution in [2.24, 2.45) is 0 Å². The zero-order valence-corrected chi connectivity index (χ0v) is 15.9. The van der Waals surface area contributed by atoms with Crippen LogP contribution in [0.15, 0.2) is 5.38 Å². The Labute approximate surface area is 142 Å². The molecule has 0 saturated carbocycles. The number of piperazine rings is 1. The van der Waals surface area contributed by atoms with Gasteiger partial charge in [0, 0.05) is 43.5 Å². The molecule has 1 saturated heterocycles. The third-order valence-corrected chi connectivity index (χ3v) is 6.19. The van der Waals surface area contributed by atoms with Crippen LogP contribution in [0.2, 0.25) is 0 Å². The van der Waals surface area contributed by atoms with Crippen molar-refractivity contribution in [1.82, 2.24) is 14.8 Å². The first-order valence-corrected chi connectivity index (χ1v) is 9.97. The normalized spacial score (nSPS) is 18.5. The summed E-state index contributed by atoms with van der Waals surface area (Å²) in [5, 5.41) is 3.44. The summed E-state index contributed by atoms with van der Waals surface area (Å²) in [6, 6.07) is 0. The van der Waals surface area contributed by atoms with E-state index in [-0.39, 0.29) is 16.6 Å². The SMILES string of the molecule is CSC(C)C(=O)N1CCN(Cc2csc(C(C)(C)C)n2)CC1. The maximum atomic E-state index is 12.2. The van der Waals surface area contributed by atoms with E-state index in [4.69, 9.17) is 4.98 Å². The summed E-state index contributed by atoms with van der Waals surface area (Å²) >= 11 is 3.37. The molecule has 6 heteroatoms. The monoisotopic (exact) mass is 341 g/mol. The Morgan fingerprint density at radius 3 is 2.50 bits per heavy atom. The van der Waals surface area contributed by atoms with Crippen LogP contribution in [0, 0.1) is 0 Å². The van der Waals surface area contributed by atoms with Crippen LogP contribution in [0.1, 0.15) is 38.4 Å². The lowest BCUT2D eigenvalue weighted by molar-refractivity contribution is -0.132. The lowest BCUT2D eigenvalue weighted by Gasteiger charge is -2.35. The highest BCUT2D eigenvalue weighted by molar-refractivity contribution is 7.99. The molecule has 0 spiro atoms. The Kier molecular flexibility index (Phi) is 5.91. The first kappa shape index (κ1) is 17.8. The number of hydrogen-bond donors (Lipinski definition) is 0. The van der Waals surface area contributed by atoms with Crippen LogP contribution in [0.25, 0.3) is 0 Å². The van der Waals surface area contributed by atoms with Gasteiger partial charge >= 0.3 is 0 Å². The summed E-state index contributed by atoms with van der Waals surface area (Å²) in [7, 11) is 0. The molecule has 22 heavy (non-hydrogen) atoms. The number of carbonyl (C=O) groups is 1. The van der Waals surface area contributed by atoms with Crippen LogP contribution in [-0.2, 0) is 16.8 Å². The zero-order valence-electron chi connectivity index (χ0n) is 14.3. The number of hydrogen-bond acceptors (Lipinski definition) is 5. The number of carbonyl (C=O) groups excluding carboxylic acids is 1. The predicted molar refractivity (Wildman–Crippen MR) is 95.6 cm³/mol. The Hall–Kier alpha value is -0.590. The fourth-order valence-corrected chi connectivity index (χ4v) is 3.69. The smallest absolute Gasteiger partial charge is 0.235 e. The molecule has 1 amide bonds. The molecule has 124 valence electrons. The Morgan fingerprint density at radius 2 is 2.00 bits per heavy atom. The third kappa shape index (κ3) is 4.46. The second kappa shape index (κ2) is 7.32. The van der Waals surface area contributed by atoms with Gasteiger partial charge in [0.05, 0.1) is 16.0 Å². The Bertz CT molecular complexity index is 502. The average molecular weight is 342 g/mol. The molecule has 0 aliphatic carbocycles. The summed E-state index contributed by atoms with van der Waals surface area (Å²) in [5.41, 5.74) is 1.29. The number of nitrogens with zero attached hydrogens (tertiary/aromatic N) is 3. The first-order valence-electron chi connectivity index (χ1n) is 7.80. The van der Waals surface area contributed by atoms with Gasteiger partial charge in [-0.3, -0.25) is 9.69 Å². The molecule has 1 aromatic rings. The van der Waals surface area contributed by atoms with E-state index in [2.05, 4.69) is 31.1 Å². The summed E-state index contributed by atoms with van der Waals surface area (Å²) in [6.07, 6.45) is 1.99. The van der Waals surface area contributed by atoms with Crippen molar-refractivity contribution >= 4 is 29.0 Å². The molecular formula is C16H27N3OS2. The van der Waals surface area contributed by atoms with Crippen molar-refractivity contribution in [3.63, 3.8) is 0 Å². The van der Waals surface area contributed by atoms with Crippen molar-refractivity contribution < 1.29 is 4.79 Å². The van der Waals surface area contributed by atoms with Gasteiger partial charge in [0.2, 0.25) is 5.91 Å². The third-order valence-electron chi connectivity index (χ3n) is 3.96. The predicted octanol–water partition coefficient (Wildman–Crippen LogP) is 2.84. The van der Waals surface area contributed by atoms with Crippen molar-refractivity contribution in [3.8, 4) is 0 Å². The van der Waals surface area contributed by atoms with Gasteiger partial charge in [0.25, 0.3) is 0 Å². The van der Waals surface area contributed by atoms with Crippen molar-refractivity contribution in [2.75, 3.05) is 32.4 Å². The van der Waals surface area contributed by atoms with Crippen molar-refractivity contribution in [1.29, 1.82) is 0 Å². The van der Waals surface area contributed by atoms with Gasteiger partial charge in [0.1, 0.15) is 0 Å². The molecule has 1 aliphatic rings. The standard InChI is InChI=1S/C16H27N3OS2/c1-12(21-5)14(20)19-8-6-18(7-9-19)10-13-11-22-15(17-13)16(2,3)4/h11-12H,6-10H2,1-5H3. The van der Waals surface area contributed by atoms with Gasteiger partial charge in [-0.2, -0.15) is 11.8 Å². The topological polar surface area (TPSA) is 36.4 Å². The number of aromatic nitrogens is 1. The summed E-state index contributed by atoms with van der Waals surface area (Å²) < 4.78 is 0. The quantitative estimate of drug-likeness (QED) is 0.844. The minimum absolute atomic E-state index is 0.0689. The molecule has 0 bridgehead atoms. The van der Waals surface area contributed by atoms with Gasteiger partial charge in [-0.15, -0.1) is 11.3 Å². The zero-order chi connectivity index (χ0) is 16.3. The van der Waals surface area contributed by atoms with Crippen LogP contribution in [0.5, 0.6) is 0 Å². The van der Waals surface area contributed by atoms with Crippen LogP contribution in [-0.4, -0.2) is 58.4 Å². The number of thiazole rings is 1. The second-order valence-electron chi connectivity index (χ2n) is 6.87. The molecule has 0 radical (unpaired) electrons. The summed E-state index contributed by atoms with van der Waals surface area (Å²) in [4.78, 5) is 21.3. The van der Waals surface area contributed by atoms with Gasteiger partial charge in [-0.1, -0.05) is 20.8 Å². The van der Waals surface area contributed by atoms with Gasteiger partial charge in [0.15, 0.2) is 0 Å². The molecule has 1 aromatic heterocycles. The van der Waals surface area contributed by atoms with E-state index in [9.17, 15) is 4.79 Å². The molecular weight excluding hydrogens is 314 g/mol. The highest BCUT2D eigenvalue weighted by Crippen LogP contribution is 2.26. The van der Waals surface area contributed by atoms with E-state index < -0.39 is 0 Å². The summed E-state index contributed by atoms with van der Waals surface area (Å²) in [6.45, 7) is 13.0. The Morgan fingerprint density at radius 1 is 1.36 bits per heavy atom. The largest absolute Gasteiger partial charge is 0.339 e. The molecule has 1 fully saturated rings. The van der Waals surface area contributed by atoms with Crippen molar-refractivity contribution in [2.45, 2.75) is 44.9 Å². The molecule has 0 aromatic carbocycles. The molecule has 4 nitrogen and oxygen atoms in total. The molecule has 0 N–H and O–H groups in total. The van der Waals surface area contributed by atoms with Crippen LogP contribution in [0.4, 0.5) is 0 Å². The molecule has 1 aliphatic heterocycles. The van der Waals surface area contributed by atoms with E-state index in [0.717, 1.165) is 38.4 Å². The highest BCUT2D eigenvalue weighted by atomic mass is 32.2. The van der Waals surface area contributed by atoms with E-state index in [1.165, 1.54) is 5.01 Å². The van der Waals surface area contributed by atoms with E-state index in [0.29, 0.717) is 0 Å². The number of thioether (sulfide) groups is 1. The van der Waals surface area contributed by atoms with Crippen LogP contribution >= 0.6 is 23.1 Å². The first-order chi connectivity index (χ1) is 10.3. The van der Waals surface area contributed by atoms with Crippen LogP contribution < -0.4 is 0 Å². The highest BCUT2D eigenvalue weighted by Gasteiger charge is 2.25. The van der Waals surface area contributed by atoms with E-state index in [1.54, 1.807) is 23.1 Å². The molecule has 1 atom stereocenters. The van der Waals surface area contributed by atoms with Gasteiger partial charge < -0.3 is 4.90 Å². The number of rotatable bonds is 4. The van der Waals surface area contributed by atoms with Gasteiger partial charge in [-0.05, 0) is 13.2 Å². The fraction of sp³-hybridized carbons (Fsp3) is 0.750. The maximum absolute atomic E-state index is 12.2. The second-order valence-corrected chi connectivity index (χ2v) is 8.91. The lowest BCUT2D eigenvalue weighted by Crippen LogP contribution is -2.50. The molecule has 1 unspecified atom stereocenters. The molecule has 2 heterocycles. The average Bonchev–Trinajstić information content (AvgIpc) is 2.95. The Balaban J connectivity index is 1.85. The number of amides is 1. The van der Waals surface area contributed by atoms with E-state index in [1.807, 2.05) is 18.1 Å². The minimum Gasteiger partial charge on any atom is -0.339 e. The maximum Gasteiger partial charge on any atom is 0.235 e. The summed E-state index contributed by atoms with van der Waals surface area (Å²) in [5.74, 6) is 0.274. The fourth-order valence-electron chi connectivity index (χ4n) is 2.44. The van der Waals surface area contributed by atoms with E-state index >= 15 is 0 Å². The lowest BCUT2D eigenvalue weighted by atomic mass is 9.98.